The summed E-state index contributed by atoms with van der Waals surface area (Å²) < 4.78 is 0. The van der Waals surface area contributed by atoms with Gasteiger partial charge >= 0.3 is 0 Å². The van der Waals surface area contributed by atoms with Gasteiger partial charge in [0.05, 0.1) is 5.60 Å². The topological polar surface area (TPSA) is 23.5 Å². The Morgan fingerprint density at radius 2 is 1.57 bits per heavy atom. The molecule has 1 aliphatic heterocycles. The van der Waals surface area contributed by atoms with Gasteiger partial charge in [-0.2, -0.15) is 0 Å². The van der Waals surface area contributed by atoms with Crippen LogP contribution >= 0.6 is 0 Å². The van der Waals surface area contributed by atoms with Crippen LogP contribution in [0, 0.1) is 5.41 Å². The van der Waals surface area contributed by atoms with Gasteiger partial charge in [-0.15, -0.1) is 0 Å². The Hall–Kier alpha value is -0.0800. The third kappa shape index (κ3) is 2.12. The zero-order chi connectivity index (χ0) is 11.2. The number of β-amino-alcohol motifs (C(OH)–C–C–N with tert-alkyl or cyclic N) is 1. The third-order valence-electron chi connectivity index (χ3n) is 3.59. The van der Waals surface area contributed by atoms with E-state index in [1.165, 1.54) is 0 Å². The minimum Gasteiger partial charge on any atom is -0.388 e. The molecule has 0 aromatic rings. The molecule has 1 saturated heterocycles. The fraction of sp³-hybridized carbons (Fsp3) is 1.00. The number of hydrogen-bond donors (Lipinski definition) is 1. The standard InChI is InChI=1S/C12H25NO/c1-10(2,3)12(14)7-8-13(9-12)11(4,5)6/h14H,7-9H2,1-6H3. The number of aliphatic hydroxyl groups is 1. The second-order valence-corrected chi connectivity index (χ2v) is 6.62. The van der Waals surface area contributed by atoms with Crippen LogP contribution in [0.5, 0.6) is 0 Å². The summed E-state index contributed by atoms with van der Waals surface area (Å²) in [6.07, 6.45) is 0.897. The predicted octanol–water partition coefficient (Wildman–Crippen LogP) is 2.27. The Morgan fingerprint density at radius 1 is 1.07 bits per heavy atom. The van der Waals surface area contributed by atoms with Gasteiger partial charge in [0.2, 0.25) is 0 Å². The van der Waals surface area contributed by atoms with Gasteiger partial charge in [0, 0.05) is 18.6 Å². The number of nitrogens with zero attached hydrogens (tertiary/aromatic N) is 1. The fourth-order valence-electron chi connectivity index (χ4n) is 1.98. The average molecular weight is 199 g/mol. The summed E-state index contributed by atoms with van der Waals surface area (Å²) in [4.78, 5) is 2.37. The Kier molecular flexibility index (Phi) is 2.75. The van der Waals surface area contributed by atoms with Crippen LogP contribution in [0.2, 0.25) is 0 Å². The summed E-state index contributed by atoms with van der Waals surface area (Å²) in [5, 5.41) is 10.5. The molecule has 0 aromatic carbocycles. The Balaban J connectivity index is 2.75. The summed E-state index contributed by atoms with van der Waals surface area (Å²) in [7, 11) is 0. The van der Waals surface area contributed by atoms with E-state index in [0.29, 0.717) is 0 Å². The Labute approximate surface area is 88.3 Å². The average Bonchev–Trinajstić information content (AvgIpc) is 2.29. The molecule has 84 valence electrons. The highest BCUT2D eigenvalue weighted by Gasteiger charge is 2.47. The monoisotopic (exact) mass is 199 g/mol. The Bertz CT molecular complexity index is 211. The first-order chi connectivity index (χ1) is 6.06. The zero-order valence-electron chi connectivity index (χ0n) is 10.5. The maximum Gasteiger partial charge on any atom is 0.0834 e. The predicted molar refractivity (Wildman–Crippen MR) is 60.3 cm³/mol. The van der Waals surface area contributed by atoms with Gasteiger partial charge < -0.3 is 5.11 Å². The zero-order valence-corrected chi connectivity index (χ0v) is 10.5. The van der Waals surface area contributed by atoms with Gasteiger partial charge in [-0.1, -0.05) is 20.8 Å². The normalized spacial score (nSPS) is 31.1. The molecule has 0 saturated carbocycles. The van der Waals surface area contributed by atoms with Crippen LogP contribution in [0.3, 0.4) is 0 Å². The highest BCUT2D eigenvalue weighted by atomic mass is 16.3. The van der Waals surface area contributed by atoms with E-state index in [1.54, 1.807) is 0 Å². The molecule has 1 unspecified atom stereocenters. The molecule has 1 N–H and O–H groups in total. The highest BCUT2D eigenvalue weighted by Crippen LogP contribution is 2.39. The summed E-state index contributed by atoms with van der Waals surface area (Å²) >= 11 is 0. The summed E-state index contributed by atoms with van der Waals surface area (Å²) in [5.41, 5.74) is -0.358. The molecule has 1 aliphatic rings. The lowest BCUT2D eigenvalue weighted by atomic mass is 9.76. The van der Waals surface area contributed by atoms with Crippen molar-refractivity contribution in [1.82, 2.24) is 4.90 Å². The van der Waals surface area contributed by atoms with Gasteiger partial charge in [0.1, 0.15) is 0 Å². The molecule has 0 bridgehead atoms. The van der Waals surface area contributed by atoms with Crippen molar-refractivity contribution >= 4 is 0 Å². The van der Waals surface area contributed by atoms with Crippen LogP contribution in [0.4, 0.5) is 0 Å². The van der Waals surface area contributed by atoms with E-state index in [-0.39, 0.29) is 11.0 Å². The number of rotatable bonds is 0. The van der Waals surface area contributed by atoms with E-state index in [1.807, 2.05) is 0 Å². The van der Waals surface area contributed by atoms with Crippen molar-refractivity contribution in [2.24, 2.45) is 5.41 Å². The van der Waals surface area contributed by atoms with Crippen LogP contribution in [0.15, 0.2) is 0 Å². The van der Waals surface area contributed by atoms with Gasteiger partial charge in [-0.05, 0) is 32.6 Å². The van der Waals surface area contributed by atoms with Crippen molar-refractivity contribution in [3.63, 3.8) is 0 Å². The summed E-state index contributed by atoms with van der Waals surface area (Å²) in [5.74, 6) is 0. The van der Waals surface area contributed by atoms with Gasteiger partial charge in [-0.25, -0.2) is 0 Å². The van der Waals surface area contributed by atoms with Crippen LogP contribution in [-0.2, 0) is 0 Å². The van der Waals surface area contributed by atoms with E-state index >= 15 is 0 Å². The van der Waals surface area contributed by atoms with Crippen molar-refractivity contribution in [1.29, 1.82) is 0 Å². The van der Waals surface area contributed by atoms with Crippen molar-refractivity contribution in [2.75, 3.05) is 13.1 Å². The van der Waals surface area contributed by atoms with E-state index in [2.05, 4.69) is 46.4 Å². The van der Waals surface area contributed by atoms with Gasteiger partial charge in [-0.3, -0.25) is 4.90 Å². The molecule has 2 heteroatoms. The first-order valence-electron chi connectivity index (χ1n) is 5.54. The molecule has 0 amide bonds. The van der Waals surface area contributed by atoms with E-state index < -0.39 is 5.60 Å². The molecule has 1 atom stereocenters. The highest BCUT2D eigenvalue weighted by molar-refractivity contribution is 5.00. The lowest BCUT2D eigenvalue weighted by molar-refractivity contribution is -0.0532. The number of hydrogen-bond acceptors (Lipinski definition) is 2. The molecular formula is C12H25NO. The summed E-state index contributed by atoms with van der Waals surface area (Å²) in [6.45, 7) is 14.8. The largest absolute Gasteiger partial charge is 0.388 e. The van der Waals surface area contributed by atoms with Crippen molar-refractivity contribution in [3.8, 4) is 0 Å². The van der Waals surface area contributed by atoms with Crippen LogP contribution < -0.4 is 0 Å². The molecular weight excluding hydrogens is 174 g/mol. The van der Waals surface area contributed by atoms with Crippen LogP contribution in [0.25, 0.3) is 0 Å². The van der Waals surface area contributed by atoms with Gasteiger partial charge in [0.25, 0.3) is 0 Å². The quantitative estimate of drug-likeness (QED) is 0.647. The molecule has 1 rings (SSSR count). The maximum atomic E-state index is 10.5. The molecule has 2 nitrogen and oxygen atoms in total. The Morgan fingerprint density at radius 3 is 1.79 bits per heavy atom. The molecule has 0 radical (unpaired) electrons. The summed E-state index contributed by atoms with van der Waals surface area (Å²) in [6, 6.07) is 0. The molecule has 1 heterocycles. The fourth-order valence-corrected chi connectivity index (χ4v) is 1.98. The minimum absolute atomic E-state index is 0.0208. The lowest BCUT2D eigenvalue weighted by Gasteiger charge is -2.39. The van der Waals surface area contributed by atoms with Crippen LogP contribution in [-0.4, -0.2) is 34.2 Å². The molecule has 0 aliphatic carbocycles. The smallest absolute Gasteiger partial charge is 0.0834 e. The number of likely N-dealkylation sites (tertiary alicyclic amines) is 1. The molecule has 0 aromatic heterocycles. The van der Waals surface area contributed by atoms with Crippen molar-refractivity contribution in [2.45, 2.75) is 59.1 Å². The lowest BCUT2D eigenvalue weighted by Crippen LogP contribution is -2.48. The van der Waals surface area contributed by atoms with E-state index in [4.69, 9.17) is 0 Å². The third-order valence-corrected chi connectivity index (χ3v) is 3.59. The molecule has 14 heavy (non-hydrogen) atoms. The first kappa shape index (κ1) is 12.0. The molecule has 0 spiro atoms. The van der Waals surface area contributed by atoms with E-state index in [0.717, 1.165) is 19.5 Å². The van der Waals surface area contributed by atoms with Crippen molar-refractivity contribution in [3.05, 3.63) is 0 Å². The SMILES string of the molecule is CC(C)(C)N1CCC(O)(C(C)(C)C)C1. The first-order valence-corrected chi connectivity index (χ1v) is 5.54. The van der Waals surface area contributed by atoms with Crippen molar-refractivity contribution < 1.29 is 5.11 Å². The minimum atomic E-state index is -0.514. The van der Waals surface area contributed by atoms with Gasteiger partial charge in [0.15, 0.2) is 0 Å². The second-order valence-electron chi connectivity index (χ2n) is 6.62. The van der Waals surface area contributed by atoms with Crippen LogP contribution in [0.1, 0.15) is 48.0 Å². The van der Waals surface area contributed by atoms with E-state index in [9.17, 15) is 5.11 Å². The second kappa shape index (κ2) is 3.21. The molecule has 1 fully saturated rings. The maximum absolute atomic E-state index is 10.5.